The molecule has 2 aromatic rings. The molecule has 0 spiro atoms. The molecule has 1 fully saturated rings. The normalized spacial score (nSPS) is 15.9. The third kappa shape index (κ3) is 6.58. The Balaban J connectivity index is 1.46. The lowest BCUT2D eigenvalue weighted by Crippen LogP contribution is -2.40. The third-order valence-electron chi connectivity index (χ3n) is 4.97. The molecule has 3 nitrogen and oxygen atoms in total. The van der Waals surface area contributed by atoms with E-state index in [1.165, 1.54) is 41.9 Å². The predicted molar refractivity (Wildman–Crippen MR) is 117 cm³/mol. The van der Waals surface area contributed by atoms with Gasteiger partial charge in [0, 0.05) is 26.5 Å². The molecule has 0 aliphatic heterocycles. The Morgan fingerprint density at radius 2 is 1.63 bits per heavy atom. The summed E-state index contributed by atoms with van der Waals surface area (Å²) in [5.74, 6) is 0.735. The number of nitrogens with one attached hydrogen (secondary N) is 2. The second-order valence-corrected chi connectivity index (χ2v) is 9.26. The van der Waals surface area contributed by atoms with Gasteiger partial charge in [-0.05, 0) is 74.2 Å². The highest BCUT2D eigenvalue weighted by atomic mass is 79.9. The topological polar surface area (TPSA) is 41.1 Å². The van der Waals surface area contributed by atoms with E-state index < -0.39 is 0 Å². The summed E-state index contributed by atoms with van der Waals surface area (Å²) >= 11 is 5.18. The highest BCUT2D eigenvalue weighted by molar-refractivity contribution is 9.10. The van der Waals surface area contributed by atoms with Gasteiger partial charge in [0.15, 0.2) is 0 Å². The first-order valence-corrected chi connectivity index (χ1v) is 11.3. The average molecular weight is 447 g/mol. The number of rotatable bonds is 7. The van der Waals surface area contributed by atoms with Crippen molar-refractivity contribution in [1.82, 2.24) is 5.32 Å². The molecule has 2 aromatic carbocycles. The van der Waals surface area contributed by atoms with Crippen LogP contribution in [0.15, 0.2) is 62.8 Å². The van der Waals surface area contributed by atoms with Crippen LogP contribution in [-0.2, 0) is 4.79 Å². The molecule has 1 aliphatic rings. The molecular weight excluding hydrogens is 420 g/mol. The van der Waals surface area contributed by atoms with Gasteiger partial charge in [-0.3, -0.25) is 4.79 Å². The zero-order valence-corrected chi connectivity index (χ0v) is 18.1. The standard InChI is InChI=1S/C22H27BrN2OS/c1-16(22(26)24-15-17-5-3-2-4-6-17)25-19-9-13-21(14-10-19)27-20-11-7-18(23)8-12-20/h7-14,16-17,25H,2-6,15H2,1H3,(H,24,26)/t16-/m1/s1. The molecule has 0 unspecified atom stereocenters. The largest absolute Gasteiger partial charge is 0.374 e. The summed E-state index contributed by atoms with van der Waals surface area (Å²) in [7, 11) is 0. The first kappa shape index (κ1) is 20.3. The van der Waals surface area contributed by atoms with Crippen LogP contribution < -0.4 is 10.6 Å². The molecule has 3 rings (SSSR count). The van der Waals surface area contributed by atoms with Gasteiger partial charge >= 0.3 is 0 Å². The van der Waals surface area contributed by atoms with E-state index in [-0.39, 0.29) is 11.9 Å². The smallest absolute Gasteiger partial charge is 0.242 e. The average Bonchev–Trinajstić information content (AvgIpc) is 2.70. The molecular formula is C22H27BrN2OS. The van der Waals surface area contributed by atoms with Gasteiger partial charge in [-0.2, -0.15) is 0 Å². The van der Waals surface area contributed by atoms with Crippen molar-refractivity contribution in [2.75, 3.05) is 11.9 Å². The van der Waals surface area contributed by atoms with Crippen LogP contribution in [0, 0.1) is 5.92 Å². The Labute approximate surface area is 174 Å². The number of carbonyl (C=O) groups excluding carboxylic acids is 1. The highest BCUT2D eigenvalue weighted by Gasteiger charge is 2.17. The minimum atomic E-state index is -0.237. The second-order valence-electron chi connectivity index (χ2n) is 7.20. The Morgan fingerprint density at radius 3 is 2.26 bits per heavy atom. The van der Waals surface area contributed by atoms with Crippen molar-refractivity contribution in [3.63, 3.8) is 0 Å². The number of hydrogen-bond donors (Lipinski definition) is 2. The van der Waals surface area contributed by atoms with Crippen LogP contribution in [-0.4, -0.2) is 18.5 Å². The van der Waals surface area contributed by atoms with Crippen molar-refractivity contribution >= 4 is 39.3 Å². The number of amides is 1. The summed E-state index contributed by atoms with van der Waals surface area (Å²) < 4.78 is 1.09. The van der Waals surface area contributed by atoms with Gasteiger partial charge in [-0.15, -0.1) is 0 Å². The summed E-state index contributed by atoms with van der Waals surface area (Å²) in [4.78, 5) is 14.7. The Hall–Kier alpha value is -1.46. The maximum absolute atomic E-state index is 12.3. The minimum Gasteiger partial charge on any atom is -0.374 e. The maximum atomic E-state index is 12.3. The van der Waals surface area contributed by atoms with Crippen molar-refractivity contribution in [3.8, 4) is 0 Å². The van der Waals surface area contributed by atoms with Crippen LogP contribution in [0.1, 0.15) is 39.0 Å². The van der Waals surface area contributed by atoms with E-state index in [4.69, 9.17) is 0 Å². The van der Waals surface area contributed by atoms with E-state index in [9.17, 15) is 4.79 Å². The van der Waals surface area contributed by atoms with Gasteiger partial charge in [-0.25, -0.2) is 0 Å². The first-order chi connectivity index (χ1) is 13.1. The summed E-state index contributed by atoms with van der Waals surface area (Å²) in [6.45, 7) is 2.73. The highest BCUT2D eigenvalue weighted by Crippen LogP contribution is 2.29. The van der Waals surface area contributed by atoms with Crippen LogP contribution in [0.5, 0.6) is 0 Å². The summed E-state index contributed by atoms with van der Waals surface area (Å²) in [5.41, 5.74) is 0.968. The van der Waals surface area contributed by atoms with Crippen molar-refractivity contribution < 1.29 is 4.79 Å². The second kappa shape index (κ2) is 10.2. The predicted octanol–water partition coefficient (Wildman–Crippen LogP) is 6.10. The van der Waals surface area contributed by atoms with Gasteiger partial charge < -0.3 is 10.6 Å². The van der Waals surface area contributed by atoms with Crippen molar-refractivity contribution in [2.45, 2.75) is 54.9 Å². The van der Waals surface area contributed by atoms with E-state index >= 15 is 0 Å². The summed E-state index contributed by atoms with van der Waals surface area (Å²) in [5, 5.41) is 6.41. The Bertz CT molecular complexity index is 727. The number of benzene rings is 2. The van der Waals surface area contributed by atoms with E-state index in [2.05, 4.69) is 50.8 Å². The van der Waals surface area contributed by atoms with E-state index in [0.29, 0.717) is 5.92 Å². The molecule has 144 valence electrons. The molecule has 2 N–H and O–H groups in total. The summed E-state index contributed by atoms with van der Waals surface area (Å²) in [6.07, 6.45) is 6.45. The van der Waals surface area contributed by atoms with Gasteiger partial charge in [0.2, 0.25) is 5.91 Å². The van der Waals surface area contributed by atoms with Crippen molar-refractivity contribution in [1.29, 1.82) is 0 Å². The lowest BCUT2D eigenvalue weighted by atomic mass is 9.89. The molecule has 1 aliphatic carbocycles. The molecule has 0 heterocycles. The van der Waals surface area contributed by atoms with E-state index in [0.717, 1.165) is 16.7 Å². The molecule has 27 heavy (non-hydrogen) atoms. The lowest BCUT2D eigenvalue weighted by Gasteiger charge is -2.23. The molecule has 1 atom stereocenters. The molecule has 0 bridgehead atoms. The van der Waals surface area contributed by atoms with Crippen LogP contribution in [0.4, 0.5) is 5.69 Å². The number of carbonyl (C=O) groups is 1. The van der Waals surface area contributed by atoms with Gasteiger partial charge in [0.25, 0.3) is 0 Å². The lowest BCUT2D eigenvalue weighted by molar-refractivity contribution is -0.121. The molecule has 1 saturated carbocycles. The number of anilines is 1. The first-order valence-electron chi connectivity index (χ1n) is 9.68. The van der Waals surface area contributed by atoms with Gasteiger partial charge in [0.1, 0.15) is 6.04 Å². The fourth-order valence-corrected chi connectivity index (χ4v) is 4.44. The van der Waals surface area contributed by atoms with Crippen LogP contribution in [0.2, 0.25) is 0 Å². The molecule has 1 amide bonds. The molecule has 0 radical (unpaired) electrons. The molecule has 0 aromatic heterocycles. The van der Waals surface area contributed by atoms with Crippen molar-refractivity contribution in [2.24, 2.45) is 5.92 Å². The maximum Gasteiger partial charge on any atom is 0.242 e. The quantitative estimate of drug-likeness (QED) is 0.539. The summed E-state index contributed by atoms with van der Waals surface area (Å²) in [6, 6.07) is 16.3. The Kier molecular flexibility index (Phi) is 7.65. The van der Waals surface area contributed by atoms with Crippen LogP contribution in [0.3, 0.4) is 0 Å². The monoisotopic (exact) mass is 446 g/mol. The fraction of sp³-hybridized carbons (Fsp3) is 0.409. The van der Waals surface area contributed by atoms with Crippen molar-refractivity contribution in [3.05, 3.63) is 53.0 Å². The number of halogens is 1. The third-order valence-corrected chi connectivity index (χ3v) is 6.51. The molecule has 0 saturated heterocycles. The fourth-order valence-electron chi connectivity index (χ4n) is 3.36. The zero-order chi connectivity index (χ0) is 19.1. The zero-order valence-electron chi connectivity index (χ0n) is 15.7. The molecule has 5 heteroatoms. The van der Waals surface area contributed by atoms with Crippen LogP contribution in [0.25, 0.3) is 0 Å². The number of hydrogen-bond acceptors (Lipinski definition) is 3. The van der Waals surface area contributed by atoms with E-state index in [1.54, 1.807) is 11.8 Å². The SMILES string of the molecule is C[C@@H](Nc1ccc(Sc2ccc(Br)cc2)cc1)C(=O)NCC1CCCCC1. The Morgan fingerprint density at radius 1 is 1.04 bits per heavy atom. The van der Waals surface area contributed by atoms with E-state index in [1.807, 2.05) is 31.2 Å². The van der Waals surface area contributed by atoms with Gasteiger partial charge in [-0.1, -0.05) is 47.0 Å². The van der Waals surface area contributed by atoms with Crippen LogP contribution >= 0.6 is 27.7 Å². The minimum absolute atomic E-state index is 0.0777. The van der Waals surface area contributed by atoms with Gasteiger partial charge in [0.05, 0.1) is 0 Å².